The van der Waals surface area contributed by atoms with Crippen LogP contribution in [0.15, 0.2) is 50.2 Å². The lowest BCUT2D eigenvalue weighted by Crippen LogP contribution is -2.16. The molecule has 4 rings (SSSR count). The first-order valence-corrected chi connectivity index (χ1v) is 9.71. The van der Waals surface area contributed by atoms with Gasteiger partial charge in [0.05, 0.1) is 6.26 Å². The van der Waals surface area contributed by atoms with Crippen LogP contribution in [0.4, 0.5) is 5.69 Å². The van der Waals surface area contributed by atoms with Crippen molar-refractivity contribution >= 4 is 45.1 Å². The minimum absolute atomic E-state index is 0.162. The molecule has 0 fully saturated rings. The number of carbonyl (C=O) groups excluding carboxylic acids is 1. The van der Waals surface area contributed by atoms with Crippen molar-refractivity contribution in [3.63, 3.8) is 0 Å². The Bertz CT molecular complexity index is 1320. The van der Waals surface area contributed by atoms with E-state index in [4.69, 9.17) is 20.4 Å². The summed E-state index contributed by atoms with van der Waals surface area (Å²) < 4.78 is 11.0. The summed E-state index contributed by atoms with van der Waals surface area (Å²) >= 11 is 6.10. The molecule has 5 nitrogen and oxygen atoms in total. The van der Waals surface area contributed by atoms with E-state index < -0.39 is 5.63 Å². The highest BCUT2D eigenvalue weighted by Crippen LogP contribution is 2.29. The van der Waals surface area contributed by atoms with Gasteiger partial charge in [0.1, 0.15) is 11.2 Å². The van der Waals surface area contributed by atoms with Crippen LogP contribution >= 0.6 is 11.6 Å². The van der Waals surface area contributed by atoms with Crippen molar-refractivity contribution in [2.24, 2.45) is 0 Å². The van der Waals surface area contributed by atoms with Gasteiger partial charge in [0.2, 0.25) is 5.91 Å². The molecule has 0 bridgehead atoms. The molecule has 0 aliphatic carbocycles. The van der Waals surface area contributed by atoms with E-state index in [0.29, 0.717) is 27.4 Å². The van der Waals surface area contributed by atoms with Crippen LogP contribution in [0.5, 0.6) is 0 Å². The molecule has 148 valence electrons. The van der Waals surface area contributed by atoms with E-state index in [1.54, 1.807) is 24.5 Å². The van der Waals surface area contributed by atoms with Crippen LogP contribution in [0.3, 0.4) is 0 Å². The van der Waals surface area contributed by atoms with E-state index in [-0.39, 0.29) is 18.7 Å². The second-order valence-electron chi connectivity index (χ2n) is 7.27. The Morgan fingerprint density at radius 1 is 1.03 bits per heavy atom. The number of furan rings is 1. The molecule has 2 aromatic carbocycles. The highest BCUT2D eigenvalue weighted by atomic mass is 35.5. The zero-order valence-electron chi connectivity index (χ0n) is 16.4. The summed E-state index contributed by atoms with van der Waals surface area (Å²) in [4.78, 5) is 24.9. The van der Waals surface area contributed by atoms with Crippen molar-refractivity contribution in [3.8, 4) is 0 Å². The van der Waals surface area contributed by atoms with E-state index >= 15 is 0 Å². The van der Waals surface area contributed by atoms with Gasteiger partial charge in [-0.3, -0.25) is 4.79 Å². The second-order valence-corrected chi connectivity index (χ2v) is 7.68. The lowest BCUT2D eigenvalue weighted by Gasteiger charge is -2.09. The van der Waals surface area contributed by atoms with Crippen molar-refractivity contribution in [1.29, 1.82) is 0 Å². The molecule has 2 heterocycles. The molecule has 0 saturated heterocycles. The SMILES string of the molecule is Cc1ccc(NC(=O)CCc2c(C)c3cc4c(C)coc4cc3oc2=O)cc1Cl. The fraction of sp³-hybridized carbons (Fsp3) is 0.217. The second kappa shape index (κ2) is 7.41. The minimum Gasteiger partial charge on any atom is -0.464 e. The van der Waals surface area contributed by atoms with Crippen LogP contribution in [0.2, 0.25) is 5.02 Å². The maximum absolute atomic E-state index is 12.5. The molecule has 0 spiro atoms. The van der Waals surface area contributed by atoms with Gasteiger partial charge in [-0.15, -0.1) is 0 Å². The van der Waals surface area contributed by atoms with Gasteiger partial charge in [-0.2, -0.15) is 0 Å². The van der Waals surface area contributed by atoms with E-state index in [1.165, 1.54) is 0 Å². The number of fused-ring (bicyclic) bond motifs is 2. The summed E-state index contributed by atoms with van der Waals surface area (Å²) in [7, 11) is 0. The van der Waals surface area contributed by atoms with Gasteiger partial charge in [0, 0.05) is 39.5 Å². The third-order valence-corrected chi connectivity index (χ3v) is 5.64. The molecule has 29 heavy (non-hydrogen) atoms. The van der Waals surface area contributed by atoms with Crippen molar-refractivity contribution in [2.45, 2.75) is 33.6 Å². The number of halogens is 1. The predicted molar refractivity (Wildman–Crippen MR) is 115 cm³/mol. The summed E-state index contributed by atoms with van der Waals surface area (Å²) in [6, 6.07) is 9.07. The number of anilines is 1. The molecule has 0 aliphatic rings. The lowest BCUT2D eigenvalue weighted by atomic mass is 10.0. The molecule has 1 amide bonds. The first-order valence-electron chi connectivity index (χ1n) is 9.33. The van der Waals surface area contributed by atoms with Crippen molar-refractivity contribution in [2.75, 3.05) is 5.32 Å². The summed E-state index contributed by atoms with van der Waals surface area (Å²) in [6.45, 7) is 5.75. The Labute approximate surface area is 172 Å². The molecule has 0 atom stereocenters. The Hall–Kier alpha value is -3.05. The molecule has 4 aromatic rings. The molecular formula is C23H20ClNO4. The van der Waals surface area contributed by atoms with Crippen molar-refractivity contribution < 1.29 is 13.6 Å². The van der Waals surface area contributed by atoms with Gasteiger partial charge in [0.25, 0.3) is 0 Å². The summed E-state index contributed by atoms with van der Waals surface area (Å²) in [5.41, 5.74) is 4.66. The number of nitrogens with one attached hydrogen (secondary N) is 1. The molecule has 1 N–H and O–H groups in total. The Morgan fingerprint density at radius 2 is 1.83 bits per heavy atom. The summed E-state index contributed by atoms with van der Waals surface area (Å²) in [6.07, 6.45) is 2.13. The van der Waals surface area contributed by atoms with E-state index in [9.17, 15) is 9.59 Å². The van der Waals surface area contributed by atoms with E-state index in [0.717, 1.165) is 27.5 Å². The van der Waals surface area contributed by atoms with Crippen LogP contribution in [0.25, 0.3) is 21.9 Å². The monoisotopic (exact) mass is 409 g/mol. The fourth-order valence-electron chi connectivity index (χ4n) is 3.46. The smallest absolute Gasteiger partial charge is 0.339 e. The zero-order chi connectivity index (χ0) is 20.7. The van der Waals surface area contributed by atoms with Gasteiger partial charge >= 0.3 is 5.63 Å². The first kappa shape index (κ1) is 19.3. The van der Waals surface area contributed by atoms with Gasteiger partial charge in [-0.25, -0.2) is 4.79 Å². The van der Waals surface area contributed by atoms with Crippen LogP contribution in [-0.4, -0.2) is 5.91 Å². The molecular weight excluding hydrogens is 390 g/mol. The number of rotatable bonds is 4. The fourth-order valence-corrected chi connectivity index (χ4v) is 3.64. The highest BCUT2D eigenvalue weighted by molar-refractivity contribution is 6.31. The largest absolute Gasteiger partial charge is 0.464 e. The molecule has 6 heteroatoms. The number of benzene rings is 2. The standard InChI is InChI=1S/C23H20ClNO4/c1-12-4-5-15(8-19(12)24)25-22(26)7-6-16-14(3)18-9-17-13(2)11-28-20(17)10-21(18)29-23(16)27/h4-5,8-11H,6-7H2,1-3H3,(H,25,26). The topological polar surface area (TPSA) is 72.5 Å². The highest BCUT2D eigenvalue weighted by Gasteiger charge is 2.15. The quantitative estimate of drug-likeness (QED) is 0.439. The number of carbonyl (C=O) groups is 1. The normalized spacial score (nSPS) is 11.3. The molecule has 0 saturated carbocycles. The van der Waals surface area contributed by atoms with Gasteiger partial charge in [-0.1, -0.05) is 17.7 Å². The van der Waals surface area contributed by atoms with Crippen molar-refractivity contribution in [3.05, 3.63) is 74.3 Å². The lowest BCUT2D eigenvalue weighted by molar-refractivity contribution is -0.116. The average molecular weight is 410 g/mol. The van der Waals surface area contributed by atoms with Crippen molar-refractivity contribution in [1.82, 2.24) is 0 Å². The number of amides is 1. The van der Waals surface area contributed by atoms with Gasteiger partial charge in [-0.05, 0) is 62.1 Å². The summed E-state index contributed by atoms with van der Waals surface area (Å²) in [5.74, 6) is -0.190. The van der Waals surface area contributed by atoms with Gasteiger partial charge in [0.15, 0.2) is 0 Å². The third kappa shape index (κ3) is 3.66. The Balaban J connectivity index is 1.59. The molecule has 0 aliphatic heterocycles. The van der Waals surface area contributed by atoms with E-state index in [2.05, 4.69) is 5.32 Å². The van der Waals surface area contributed by atoms with Crippen LogP contribution in [-0.2, 0) is 11.2 Å². The zero-order valence-corrected chi connectivity index (χ0v) is 17.1. The maximum atomic E-state index is 12.5. The van der Waals surface area contributed by atoms with Crippen LogP contribution in [0.1, 0.15) is 28.7 Å². The maximum Gasteiger partial charge on any atom is 0.339 e. The number of hydrogen-bond acceptors (Lipinski definition) is 4. The van der Waals surface area contributed by atoms with Crippen LogP contribution < -0.4 is 10.9 Å². The third-order valence-electron chi connectivity index (χ3n) is 5.23. The molecule has 0 radical (unpaired) electrons. The molecule has 0 unspecified atom stereocenters. The molecule has 2 aromatic heterocycles. The number of hydrogen-bond donors (Lipinski definition) is 1. The first-order chi connectivity index (χ1) is 13.8. The van der Waals surface area contributed by atoms with Crippen LogP contribution in [0, 0.1) is 20.8 Å². The van der Waals surface area contributed by atoms with E-state index in [1.807, 2.05) is 32.9 Å². The summed E-state index contributed by atoms with van der Waals surface area (Å²) in [5, 5.41) is 5.24. The van der Waals surface area contributed by atoms with Gasteiger partial charge < -0.3 is 14.2 Å². The number of aryl methyl sites for hydroxylation is 3. The Kier molecular flexibility index (Phi) is 4.92. The minimum atomic E-state index is -0.427. The predicted octanol–water partition coefficient (Wildman–Crippen LogP) is 5.69. The average Bonchev–Trinajstić information content (AvgIpc) is 3.03. The Morgan fingerprint density at radius 3 is 2.59 bits per heavy atom.